The van der Waals surface area contributed by atoms with Crippen molar-refractivity contribution in [3.05, 3.63) is 95.1 Å². The van der Waals surface area contributed by atoms with Crippen LogP contribution in [0, 0.1) is 13.8 Å². The van der Waals surface area contributed by atoms with Gasteiger partial charge in [-0.3, -0.25) is 19.4 Å². The van der Waals surface area contributed by atoms with E-state index in [9.17, 15) is 9.59 Å². The van der Waals surface area contributed by atoms with E-state index >= 15 is 0 Å². The van der Waals surface area contributed by atoms with Crippen molar-refractivity contribution in [2.75, 3.05) is 49.9 Å². The van der Waals surface area contributed by atoms with Gasteiger partial charge in [0.05, 0.1) is 13.1 Å². The Kier molecular flexibility index (Phi) is 8.29. The van der Waals surface area contributed by atoms with E-state index in [1.54, 1.807) is 0 Å². The number of hydrogen-bond donors (Lipinski definition) is 2. The zero-order chi connectivity index (χ0) is 24.6. The summed E-state index contributed by atoms with van der Waals surface area (Å²) in [5.74, 6) is -0.00431. The number of amides is 2. The third kappa shape index (κ3) is 7.01. The molecule has 0 spiro atoms. The van der Waals surface area contributed by atoms with Crippen LogP contribution in [0.25, 0.3) is 0 Å². The van der Waals surface area contributed by atoms with Crippen molar-refractivity contribution in [1.82, 2.24) is 9.80 Å². The van der Waals surface area contributed by atoms with Crippen molar-refractivity contribution in [2.45, 2.75) is 20.3 Å². The SMILES string of the molecule is Cc1cccc(C)c1NC(=O)CN1CCN(CC(=O)Nc2ccccc2Cc2ccccc2)CC1. The molecule has 3 aromatic rings. The molecule has 2 N–H and O–H groups in total. The average molecular weight is 471 g/mol. The first kappa shape index (κ1) is 24.6. The van der Waals surface area contributed by atoms with E-state index in [0.717, 1.165) is 60.7 Å². The highest BCUT2D eigenvalue weighted by Crippen LogP contribution is 2.20. The second kappa shape index (κ2) is 11.8. The van der Waals surface area contributed by atoms with E-state index in [0.29, 0.717) is 13.1 Å². The van der Waals surface area contributed by atoms with Gasteiger partial charge in [-0.2, -0.15) is 0 Å². The molecule has 1 saturated heterocycles. The Balaban J connectivity index is 1.24. The van der Waals surface area contributed by atoms with Crippen molar-refractivity contribution in [3.8, 4) is 0 Å². The summed E-state index contributed by atoms with van der Waals surface area (Å²) in [4.78, 5) is 29.7. The minimum Gasteiger partial charge on any atom is -0.325 e. The maximum Gasteiger partial charge on any atom is 0.238 e. The lowest BCUT2D eigenvalue weighted by molar-refractivity contribution is -0.120. The van der Waals surface area contributed by atoms with Crippen molar-refractivity contribution in [1.29, 1.82) is 0 Å². The normalized spacial score (nSPS) is 14.5. The van der Waals surface area contributed by atoms with Gasteiger partial charge in [0.25, 0.3) is 0 Å². The summed E-state index contributed by atoms with van der Waals surface area (Å²) < 4.78 is 0. The number of piperazine rings is 1. The number of carbonyl (C=O) groups is 2. The first-order chi connectivity index (χ1) is 17.0. The first-order valence-electron chi connectivity index (χ1n) is 12.2. The quantitative estimate of drug-likeness (QED) is 0.521. The van der Waals surface area contributed by atoms with Gasteiger partial charge in [0, 0.05) is 37.6 Å². The molecule has 0 aromatic heterocycles. The fourth-order valence-corrected chi connectivity index (χ4v) is 4.50. The average Bonchev–Trinajstić information content (AvgIpc) is 2.85. The molecule has 4 rings (SSSR count). The van der Waals surface area contributed by atoms with Crippen LogP contribution in [0.5, 0.6) is 0 Å². The molecule has 35 heavy (non-hydrogen) atoms. The number of nitrogens with one attached hydrogen (secondary N) is 2. The van der Waals surface area contributed by atoms with Crippen molar-refractivity contribution in [3.63, 3.8) is 0 Å². The Labute approximate surface area is 207 Å². The predicted octanol–water partition coefficient (Wildman–Crippen LogP) is 4.09. The van der Waals surface area contributed by atoms with Gasteiger partial charge in [-0.25, -0.2) is 0 Å². The number of carbonyl (C=O) groups excluding carboxylic acids is 2. The van der Waals surface area contributed by atoms with Gasteiger partial charge in [-0.05, 0) is 48.6 Å². The van der Waals surface area contributed by atoms with Gasteiger partial charge in [-0.15, -0.1) is 0 Å². The predicted molar refractivity (Wildman–Crippen MR) is 142 cm³/mol. The summed E-state index contributed by atoms with van der Waals surface area (Å²) in [5, 5.41) is 6.16. The fourth-order valence-electron chi connectivity index (χ4n) is 4.50. The molecule has 0 saturated carbocycles. The molecule has 1 aliphatic rings. The minimum absolute atomic E-state index is 0.00335. The molecule has 0 aliphatic carbocycles. The molecule has 2 amide bonds. The topological polar surface area (TPSA) is 64.7 Å². The highest BCUT2D eigenvalue weighted by atomic mass is 16.2. The number of benzene rings is 3. The number of para-hydroxylation sites is 2. The lowest BCUT2D eigenvalue weighted by Gasteiger charge is -2.33. The molecule has 1 fully saturated rings. The number of aryl methyl sites for hydroxylation is 2. The van der Waals surface area contributed by atoms with E-state index < -0.39 is 0 Å². The molecule has 0 radical (unpaired) electrons. The zero-order valence-electron chi connectivity index (χ0n) is 20.6. The minimum atomic E-state index is -0.00765. The molecule has 1 heterocycles. The van der Waals surface area contributed by atoms with E-state index in [4.69, 9.17) is 0 Å². The molecular formula is C29H34N4O2. The second-order valence-electron chi connectivity index (χ2n) is 9.23. The van der Waals surface area contributed by atoms with Crippen LogP contribution >= 0.6 is 0 Å². The lowest BCUT2D eigenvalue weighted by Crippen LogP contribution is -2.50. The maximum atomic E-state index is 12.8. The molecule has 182 valence electrons. The highest BCUT2D eigenvalue weighted by molar-refractivity contribution is 5.94. The lowest BCUT2D eigenvalue weighted by atomic mass is 10.0. The van der Waals surface area contributed by atoms with Crippen molar-refractivity contribution < 1.29 is 9.59 Å². The Morgan fingerprint density at radius 2 is 1.23 bits per heavy atom. The van der Waals surface area contributed by atoms with Gasteiger partial charge >= 0.3 is 0 Å². The van der Waals surface area contributed by atoms with E-state index in [-0.39, 0.29) is 11.8 Å². The van der Waals surface area contributed by atoms with Crippen molar-refractivity contribution >= 4 is 23.2 Å². The van der Waals surface area contributed by atoms with E-state index in [2.05, 4.69) is 38.6 Å². The van der Waals surface area contributed by atoms with Gasteiger partial charge in [0.15, 0.2) is 0 Å². The maximum absolute atomic E-state index is 12.8. The van der Waals surface area contributed by atoms with Gasteiger partial charge in [-0.1, -0.05) is 66.7 Å². The third-order valence-corrected chi connectivity index (χ3v) is 6.47. The summed E-state index contributed by atoms with van der Waals surface area (Å²) in [5.41, 5.74) is 6.22. The molecule has 0 atom stereocenters. The van der Waals surface area contributed by atoms with E-state index in [1.807, 2.05) is 68.4 Å². The third-order valence-electron chi connectivity index (χ3n) is 6.47. The van der Waals surface area contributed by atoms with Crippen LogP contribution in [0.1, 0.15) is 22.3 Å². The molecule has 0 bridgehead atoms. The van der Waals surface area contributed by atoms with Crippen LogP contribution in [0.3, 0.4) is 0 Å². The molecule has 3 aromatic carbocycles. The Hall–Kier alpha value is -3.48. The summed E-state index contributed by atoms with van der Waals surface area (Å²) in [6.07, 6.45) is 0.778. The number of hydrogen-bond acceptors (Lipinski definition) is 4. The van der Waals surface area contributed by atoms with Crippen LogP contribution in [0.15, 0.2) is 72.8 Å². The second-order valence-corrected chi connectivity index (χ2v) is 9.23. The van der Waals surface area contributed by atoms with Crippen LogP contribution in [0.4, 0.5) is 11.4 Å². The van der Waals surface area contributed by atoms with Crippen LogP contribution < -0.4 is 10.6 Å². The first-order valence-corrected chi connectivity index (χ1v) is 12.2. The van der Waals surface area contributed by atoms with Crippen LogP contribution in [0.2, 0.25) is 0 Å². The monoisotopic (exact) mass is 470 g/mol. The fraction of sp³-hybridized carbons (Fsp3) is 0.310. The molecule has 1 aliphatic heterocycles. The molecule has 6 heteroatoms. The summed E-state index contributed by atoms with van der Waals surface area (Å²) in [6.45, 7) is 7.77. The highest BCUT2D eigenvalue weighted by Gasteiger charge is 2.21. The number of anilines is 2. The number of rotatable bonds is 8. The largest absolute Gasteiger partial charge is 0.325 e. The van der Waals surface area contributed by atoms with E-state index in [1.165, 1.54) is 5.56 Å². The Bertz CT molecular complexity index is 1130. The molecular weight excluding hydrogens is 436 g/mol. The smallest absolute Gasteiger partial charge is 0.238 e. The molecule has 6 nitrogen and oxygen atoms in total. The number of nitrogens with zero attached hydrogens (tertiary/aromatic N) is 2. The van der Waals surface area contributed by atoms with Crippen molar-refractivity contribution in [2.24, 2.45) is 0 Å². The zero-order valence-corrected chi connectivity index (χ0v) is 20.6. The summed E-state index contributed by atoms with van der Waals surface area (Å²) >= 11 is 0. The Morgan fingerprint density at radius 3 is 1.86 bits per heavy atom. The standard InChI is InChI=1S/C29H34N4O2/c1-22-9-8-10-23(2)29(22)31-28(35)21-33-17-15-32(16-18-33)20-27(34)30-26-14-7-6-13-25(26)19-24-11-4-3-5-12-24/h3-14H,15-21H2,1-2H3,(H,30,34)(H,31,35). The van der Waals surface area contributed by atoms with Crippen LogP contribution in [-0.2, 0) is 16.0 Å². The summed E-state index contributed by atoms with van der Waals surface area (Å²) in [7, 11) is 0. The van der Waals surface area contributed by atoms with Gasteiger partial charge in [0.2, 0.25) is 11.8 Å². The summed E-state index contributed by atoms with van der Waals surface area (Å²) in [6, 6.07) is 24.3. The van der Waals surface area contributed by atoms with Gasteiger partial charge < -0.3 is 10.6 Å². The Morgan fingerprint density at radius 1 is 0.686 bits per heavy atom. The van der Waals surface area contributed by atoms with Gasteiger partial charge in [0.1, 0.15) is 0 Å². The molecule has 0 unspecified atom stereocenters. The van der Waals surface area contributed by atoms with Crippen LogP contribution in [-0.4, -0.2) is 60.9 Å².